The molecule has 0 rings (SSSR count). The summed E-state index contributed by atoms with van der Waals surface area (Å²) in [5.74, 6) is -0.294. The molecule has 0 amide bonds. The van der Waals surface area contributed by atoms with Crippen LogP contribution in [0.2, 0.25) is 25.7 Å². The van der Waals surface area contributed by atoms with Crippen LogP contribution in [0.15, 0.2) is 12.2 Å². The summed E-state index contributed by atoms with van der Waals surface area (Å²) in [7, 11) is -1.59. The van der Waals surface area contributed by atoms with Crippen LogP contribution in [0, 0.1) is 5.41 Å². The summed E-state index contributed by atoms with van der Waals surface area (Å²) in [5, 5.41) is 10.5. The van der Waals surface area contributed by atoms with Crippen LogP contribution in [0.5, 0.6) is 0 Å². The van der Waals surface area contributed by atoms with Gasteiger partial charge in [0.15, 0.2) is 0 Å². The first-order valence-electron chi connectivity index (χ1n) is 9.43. The fourth-order valence-corrected chi connectivity index (χ4v) is 5.20. The Hall–Kier alpha value is -0.613. The first-order valence-corrected chi connectivity index (χ1v) is 13.1. The molecule has 0 aliphatic rings. The van der Waals surface area contributed by atoms with Crippen molar-refractivity contribution in [2.75, 3.05) is 0 Å². The number of aliphatic hydroxyl groups is 1. The van der Waals surface area contributed by atoms with Crippen molar-refractivity contribution in [2.24, 2.45) is 5.41 Å². The molecule has 0 aliphatic heterocycles. The molecule has 0 heterocycles. The highest BCUT2D eigenvalue weighted by Gasteiger charge is 2.46. The molecule has 0 aliphatic carbocycles. The third-order valence-corrected chi connectivity index (χ3v) is 5.63. The number of aliphatic hydroxyl groups excluding tert-OH is 1. The molecule has 0 bridgehead atoms. The van der Waals surface area contributed by atoms with Crippen LogP contribution in [0.1, 0.15) is 66.7 Å². The maximum atomic E-state index is 13.0. The van der Waals surface area contributed by atoms with E-state index in [-0.39, 0.29) is 5.97 Å². The van der Waals surface area contributed by atoms with E-state index in [0.717, 1.165) is 12.8 Å². The lowest BCUT2D eigenvalue weighted by Crippen LogP contribution is -2.47. The fourth-order valence-electron chi connectivity index (χ4n) is 2.89. The molecular weight excluding hydrogens is 316 g/mol. The summed E-state index contributed by atoms with van der Waals surface area (Å²) in [6, 6.07) is 0.693. The summed E-state index contributed by atoms with van der Waals surface area (Å²) in [4.78, 5) is 13.0. The molecule has 0 aromatic heterocycles. The Morgan fingerprint density at radius 1 is 1.17 bits per heavy atom. The summed E-state index contributed by atoms with van der Waals surface area (Å²) in [6.45, 7) is 16.2. The minimum absolute atomic E-state index is 0.294. The zero-order chi connectivity index (χ0) is 19.0. The molecule has 1 N–H and O–H groups in total. The molecule has 2 atom stereocenters. The molecule has 142 valence electrons. The van der Waals surface area contributed by atoms with Crippen molar-refractivity contribution in [1.29, 1.82) is 0 Å². The van der Waals surface area contributed by atoms with Crippen LogP contribution in [-0.2, 0) is 9.53 Å². The molecule has 4 heteroatoms. The minimum atomic E-state index is -1.59. The van der Waals surface area contributed by atoms with Gasteiger partial charge in [-0.25, -0.2) is 0 Å². The molecule has 24 heavy (non-hydrogen) atoms. The number of ether oxygens (including phenoxy) is 1. The van der Waals surface area contributed by atoms with Crippen LogP contribution >= 0.6 is 0 Å². The fraction of sp³-hybridized carbons (Fsp3) is 0.850. The molecular formula is C20H40O3Si. The van der Waals surface area contributed by atoms with Gasteiger partial charge in [-0.3, -0.25) is 4.79 Å². The van der Waals surface area contributed by atoms with Crippen LogP contribution < -0.4 is 0 Å². The van der Waals surface area contributed by atoms with Gasteiger partial charge in [0.05, 0.1) is 6.10 Å². The van der Waals surface area contributed by atoms with Crippen molar-refractivity contribution in [3.05, 3.63) is 12.2 Å². The van der Waals surface area contributed by atoms with E-state index in [9.17, 15) is 9.90 Å². The van der Waals surface area contributed by atoms with E-state index >= 15 is 0 Å². The van der Waals surface area contributed by atoms with Gasteiger partial charge in [-0.15, -0.1) is 0 Å². The zero-order valence-electron chi connectivity index (χ0n) is 17.2. The molecule has 0 unspecified atom stereocenters. The molecule has 3 nitrogen and oxygen atoms in total. The van der Waals surface area contributed by atoms with Gasteiger partial charge in [0, 0.05) is 8.07 Å². The lowest BCUT2D eigenvalue weighted by atomic mass is 9.83. The minimum Gasteiger partial charge on any atom is -0.459 e. The lowest BCUT2D eigenvalue weighted by Gasteiger charge is -2.38. The van der Waals surface area contributed by atoms with E-state index in [1.807, 2.05) is 26.8 Å². The second-order valence-corrected chi connectivity index (χ2v) is 14.7. The van der Waals surface area contributed by atoms with Crippen LogP contribution in [0.4, 0.5) is 0 Å². The van der Waals surface area contributed by atoms with Gasteiger partial charge in [0.2, 0.25) is 0 Å². The average Bonchev–Trinajstić information content (AvgIpc) is 2.37. The van der Waals surface area contributed by atoms with E-state index < -0.39 is 25.2 Å². The summed E-state index contributed by atoms with van der Waals surface area (Å²) in [6.07, 6.45) is 9.01. The standard InChI is InChI=1S/C20H40O3Si/c1-9-10-11-12-13-14-15-20(17(2)21,16-24(6,7)8)18(22)23-19(3,4)5/h14-15,17,21H,9-13,16H2,1-8H3/b15-14+/t17-,20-/m0/s1. The molecule has 0 fully saturated rings. The number of allylic oxidation sites excluding steroid dienone is 1. The van der Waals surface area contributed by atoms with Crippen molar-refractivity contribution >= 4 is 14.0 Å². The van der Waals surface area contributed by atoms with Crippen molar-refractivity contribution in [2.45, 2.75) is 104 Å². The van der Waals surface area contributed by atoms with Crippen molar-refractivity contribution < 1.29 is 14.6 Å². The SMILES string of the molecule is CCCCCC/C=C/[C@@](C[Si](C)(C)C)(C(=O)OC(C)(C)C)[C@H](C)O. The Balaban J connectivity index is 5.37. The van der Waals surface area contributed by atoms with E-state index in [4.69, 9.17) is 4.74 Å². The van der Waals surface area contributed by atoms with E-state index in [2.05, 4.69) is 32.6 Å². The van der Waals surface area contributed by atoms with Crippen LogP contribution in [-0.4, -0.2) is 30.9 Å². The smallest absolute Gasteiger partial charge is 0.318 e. The van der Waals surface area contributed by atoms with Gasteiger partial charge in [-0.2, -0.15) is 0 Å². The highest BCUT2D eigenvalue weighted by molar-refractivity contribution is 6.76. The average molecular weight is 357 g/mol. The molecule has 0 spiro atoms. The second kappa shape index (κ2) is 9.76. The summed E-state index contributed by atoms with van der Waals surface area (Å²) in [5.41, 5.74) is -1.48. The number of hydrogen-bond acceptors (Lipinski definition) is 3. The molecule has 0 saturated heterocycles. The normalized spacial score (nSPS) is 16.9. The lowest BCUT2D eigenvalue weighted by molar-refractivity contribution is -0.168. The van der Waals surface area contributed by atoms with Gasteiger partial charge in [0.1, 0.15) is 11.0 Å². The van der Waals surface area contributed by atoms with Gasteiger partial charge < -0.3 is 9.84 Å². The first kappa shape index (κ1) is 23.4. The number of unbranched alkanes of at least 4 members (excludes halogenated alkanes) is 4. The highest BCUT2D eigenvalue weighted by Crippen LogP contribution is 2.37. The third-order valence-electron chi connectivity index (χ3n) is 3.99. The monoisotopic (exact) mass is 356 g/mol. The quantitative estimate of drug-likeness (QED) is 0.241. The number of hydrogen-bond donors (Lipinski definition) is 1. The molecule has 0 radical (unpaired) electrons. The molecule has 0 aromatic rings. The van der Waals surface area contributed by atoms with Gasteiger partial charge in [-0.1, -0.05) is 58.0 Å². The van der Waals surface area contributed by atoms with Crippen LogP contribution in [0.25, 0.3) is 0 Å². The van der Waals surface area contributed by atoms with Gasteiger partial charge in [0.25, 0.3) is 0 Å². The Labute approximate surface area is 150 Å². The largest absolute Gasteiger partial charge is 0.459 e. The predicted octanol–water partition coefficient (Wildman–Crippen LogP) is 5.56. The van der Waals surface area contributed by atoms with Gasteiger partial charge in [-0.05, 0) is 46.6 Å². The van der Waals surface area contributed by atoms with Crippen LogP contribution in [0.3, 0.4) is 0 Å². The number of carbonyl (C=O) groups excluding carboxylic acids is 1. The Bertz CT molecular complexity index is 402. The second-order valence-electron chi connectivity index (χ2n) is 9.21. The predicted molar refractivity (Wildman–Crippen MR) is 106 cm³/mol. The Morgan fingerprint density at radius 2 is 1.75 bits per heavy atom. The third kappa shape index (κ3) is 9.02. The summed E-state index contributed by atoms with van der Waals surface area (Å²) < 4.78 is 5.68. The number of carbonyl (C=O) groups is 1. The van der Waals surface area contributed by atoms with E-state index in [1.54, 1.807) is 6.92 Å². The number of esters is 1. The Morgan fingerprint density at radius 3 is 2.17 bits per heavy atom. The van der Waals surface area contributed by atoms with E-state index in [0.29, 0.717) is 6.04 Å². The van der Waals surface area contributed by atoms with Crippen molar-refractivity contribution in [3.63, 3.8) is 0 Å². The van der Waals surface area contributed by atoms with Gasteiger partial charge >= 0.3 is 5.97 Å². The first-order chi connectivity index (χ1) is 10.8. The molecule has 0 aromatic carbocycles. The van der Waals surface area contributed by atoms with E-state index in [1.165, 1.54) is 19.3 Å². The highest BCUT2D eigenvalue weighted by atomic mass is 28.3. The summed E-state index contributed by atoms with van der Waals surface area (Å²) >= 11 is 0. The maximum Gasteiger partial charge on any atom is 0.318 e. The maximum absolute atomic E-state index is 13.0. The van der Waals surface area contributed by atoms with Crippen molar-refractivity contribution in [3.8, 4) is 0 Å². The van der Waals surface area contributed by atoms with Crippen molar-refractivity contribution in [1.82, 2.24) is 0 Å². The molecule has 0 saturated carbocycles. The number of rotatable bonds is 10. The Kier molecular flexibility index (Phi) is 9.51. The zero-order valence-corrected chi connectivity index (χ0v) is 18.2. The topological polar surface area (TPSA) is 46.5 Å².